The van der Waals surface area contributed by atoms with Crippen LogP contribution >= 0.6 is 0 Å². The van der Waals surface area contributed by atoms with Gasteiger partial charge in [-0.1, -0.05) is 6.92 Å². The second-order valence-electron chi connectivity index (χ2n) is 4.63. The zero-order valence-electron chi connectivity index (χ0n) is 11.6. The van der Waals surface area contributed by atoms with Crippen molar-refractivity contribution >= 4 is 0 Å². The molecule has 0 radical (unpaired) electrons. The highest BCUT2D eigenvalue weighted by molar-refractivity contribution is 5.26. The summed E-state index contributed by atoms with van der Waals surface area (Å²) in [5, 5.41) is 3.37. The summed E-state index contributed by atoms with van der Waals surface area (Å²) in [5.41, 5.74) is 3.92. The Labute approximate surface area is 108 Å². The summed E-state index contributed by atoms with van der Waals surface area (Å²) in [6, 6.07) is 2.22. The third-order valence-electron chi connectivity index (χ3n) is 3.42. The molecule has 0 fully saturated rings. The van der Waals surface area contributed by atoms with Crippen LogP contribution < -0.4 is 5.32 Å². The molecule has 0 atom stereocenters. The van der Waals surface area contributed by atoms with E-state index in [1.165, 1.54) is 17.0 Å². The molecule has 0 unspecified atom stereocenters. The van der Waals surface area contributed by atoms with Gasteiger partial charge in [-0.15, -0.1) is 0 Å². The van der Waals surface area contributed by atoms with Gasteiger partial charge in [0, 0.05) is 31.4 Å². The molecule has 0 aliphatic carbocycles. The standard InChI is InChI=1S/C14H21N3O/c1-5-13-8-16-14(18-13)9-15-7-12-6-10(2)17(4)11(12)3/h6,8,15H,5,7,9H2,1-4H3. The SMILES string of the molecule is CCc1cnc(CNCc2cc(C)n(C)c2C)o1. The first kappa shape index (κ1) is 12.9. The molecule has 2 rings (SSSR count). The van der Waals surface area contributed by atoms with E-state index in [1.807, 2.05) is 0 Å². The number of aromatic nitrogens is 2. The second-order valence-corrected chi connectivity index (χ2v) is 4.63. The van der Waals surface area contributed by atoms with Crippen LogP contribution in [0.25, 0.3) is 0 Å². The molecular formula is C14H21N3O. The van der Waals surface area contributed by atoms with Crippen LogP contribution in [0.3, 0.4) is 0 Å². The summed E-state index contributed by atoms with van der Waals surface area (Å²) in [4.78, 5) is 4.23. The van der Waals surface area contributed by atoms with Crippen molar-refractivity contribution in [1.82, 2.24) is 14.9 Å². The molecule has 2 heterocycles. The van der Waals surface area contributed by atoms with Crippen LogP contribution in [0, 0.1) is 13.8 Å². The highest BCUT2D eigenvalue weighted by Gasteiger charge is 2.06. The first-order chi connectivity index (χ1) is 8.61. The minimum absolute atomic E-state index is 0.674. The Hall–Kier alpha value is -1.55. The molecule has 0 aliphatic heterocycles. The lowest BCUT2D eigenvalue weighted by molar-refractivity contribution is 0.439. The average molecular weight is 247 g/mol. The Balaban J connectivity index is 1.90. The van der Waals surface area contributed by atoms with Crippen molar-refractivity contribution in [1.29, 1.82) is 0 Å². The van der Waals surface area contributed by atoms with Crippen molar-refractivity contribution in [2.45, 2.75) is 40.3 Å². The van der Waals surface area contributed by atoms with Crippen molar-refractivity contribution in [3.05, 3.63) is 40.9 Å². The fourth-order valence-electron chi connectivity index (χ4n) is 2.01. The van der Waals surface area contributed by atoms with Gasteiger partial charge in [0.25, 0.3) is 0 Å². The van der Waals surface area contributed by atoms with Crippen molar-refractivity contribution in [2.75, 3.05) is 0 Å². The molecule has 4 nitrogen and oxygen atoms in total. The lowest BCUT2D eigenvalue weighted by Crippen LogP contribution is -2.13. The smallest absolute Gasteiger partial charge is 0.208 e. The fraction of sp³-hybridized carbons (Fsp3) is 0.500. The number of aryl methyl sites for hydroxylation is 2. The quantitative estimate of drug-likeness (QED) is 0.882. The Morgan fingerprint density at radius 3 is 2.67 bits per heavy atom. The van der Waals surface area contributed by atoms with Crippen LogP contribution in [-0.4, -0.2) is 9.55 Å². The van der Waals surface area contributed by atoms with E-state index in [-0.39, 0.29) is 0 Å². The van der Waals surface area contributed by atoms with Gasteiger partial charge in [0.2, 0.25) is 5.89 Å². The molecule has 18 heavy (non-hydrogen) atoms. The first-order valence-corrected chi connectivity index (χ1v) is 6.38. The van der Waals surface area contributed by atoms with Crippen LogP contribution in [0.4, 0.5) is 0 Å². The number of oxazole rings is 1. The number of nitrogens with one attached hydrogen (secondary N) is 1. The molecule has 2 aromatic rings. The average Bonchev–Trinajstić information content (AvgIpc) is 2.91. The van der Waals surface area contributed by atoms with E-state index >= 15 is 0 Å². The van der Waals surface area contributed by atoms with E-state index in [0.717, 1.165) is 24.6 Å². The van der Waals surface area contributed by atoms with E-state index in [1.54, 1.807) is 6.20 Å². The van der Waals surface area contributed by atoms with Gasteiger partial charge in [-0.05, 0) is 25.5 Å². The molecule has 2 aromatic heterocycles. The molecule has 1 N–H and O–H groups in total. The summed E-state index contributed by atoms with van der Waals surface area (Å²) in [5.74, 6) is 1.70. The predicted octanol–water partition coefficient (Wildman–Crippen LogP) is 2.48. The van der Waals surface area contributed by atoms with Crippen LogP contribution in [0.15, 0.2) is 16.7 Å². The van der Waals surface area contributed by atoms with Crippen LogP contribution in [-0.2, 0) is 26.6 Å². The van der Waals surface area contributed by atoms with Gasteiger partial charge in [0.15, 0.2) is 0 Å². The summed E-state index contributed by atoms with van der Waals surface area (Å²) in [6.45, 7) is 7.85. The van der Waals surface area contributed by atoms with Gasteiger partial charge < -0.3 is 14.3 Å². The molecule has 0 aromatic carbocycles. The van der Waals surface area contributed by atoms with Crippen molar-refractivity contribution in [3.8, 4) is 0 Å². The van der Waals surface area contributed by atoms with E-state index in [0.29, 0.717) is 6.54 Å². The number of hydrogen-bond acceptors (Lipinski definition) is 3. The van der Waals surface area contributed by atoms with Crippen LogP contribution in [0.5, 0.6) is 0 Å². The topological polar surface area (TPSA) is 43.0 Å². The third-order valence-corrected chi connectivity index (χ3v) is 3.42. The molecule has 98 valence electrons. The molecule has 0 spiro atoms. The van der Waals surface area contributed by atoms with E-state index < -0.39 is 0 Å². The number of hydrogen-bond donors (Lipinski definition) is 1. The maximum absolute atomic E-state index is 5.55. The maximum atomic E-state index is 5.55. The van der Waals surface area contributed by atoms with Crippen LogP contribution in [0.1, 0.15) is 35.5 Å². The Bertz CT molecular complexity index is 525. The normalized spacial score (nSPS) is 11.1. The highest BCUT2D eigenvalue weighted by Crippen LogP contribution is 2.13. The molecular weight excluding hydrogens is 226 g/mol. The molecule has 0 amide bonds. The Kier molecular flexibility index (Phi) is 3.87. The maximum Gasteiger partial charge on any atom is 0.208 e. The lowest BCUT2D eigenvalue weighted by atomic mass is 10.2. The van der Waals surface area contributed by atoms with Gasteiger partial charge in [-0.2, -0.15) is 0 Å². The lowest BCUT2D eigenvalue weighted by Gasteiger charge is -2.03. The van der Waals surface area contributed by atoms with Crippen molar-refractivity contribution < 1.29 is 4.42 Å². The Morgan fingerprint density at radius 2 is 2.11 bits per heavy atom. The highest BCUT2D eigenvalue weighted by atomic mass is 16.4. The molecule has 0 saturated carbocycles. The molecule has 0 aliphatic rings. The number of nitrogens with zero attached hydrogens (tertiary/aromatic N) is 2. The second kappa shape index (κ2) is 5.40. The van der Waals surface area contributed by atoms with Crippen molar-refractivity contribution in [2.24, 2.45) is 7.05 Å². The monoisotopic (exact) mass is 247 g/mol. The predicted molar refractivity (Wildman–Crippen MR) is 71.3 cm³/mol. The van der Waals surface area contributed by atoms with E-state index in [4.69, 9.17) is 4.42 Å². The van der Waals surface area contributed by atoms with E-state index in [2.05, 4.69) is 48.8 Å². The summed E-state index contributed by atoms with van der Waals surface area (Å²) < 4.78 is 7.76. The zero-order valence-corrected chi connectivity index (χ0v) is 11.6. The first-order valence-electron chi connectivity index (χ1n) is 6.38. The fourth-order valence-corrected chi connectivity index (χ4v) is 2.01. The zero-order chi connectivity index (χ0) is 13.1. The van der Waals surface area contributed by atoms with Gasteiger partial charge in [-0.3, -0.25) is 0 Å². The largest absolute Gasteiger partial charge is 0.444 e. The van der Waals surface area contributed by atoms with Gasteiger partial charge in [-0.25, -0.2) is 4.98 Å². The summed E-state index contributed by atoms with van der Waals surface area (Å²) in [7, 11) is 2.09. The summed E-state index contributed by atoms with van der Waals surface area (Å²) >= 11 is 0. The number of rotatable bonds is 5. The third kappa shape index (κ3) is 2.64. The van der Waals surface area contributed by atoms with E-state index in [9.17, 15) is 0 Å². The van der Waals surface area contributed by atoms with Gasteiger partial charge >= 0.3 is 0 Å². The molecule has 0 saturated heterocycles. The van der Waals surface area contributed by atoms with Gasteiger partial charge in [0.1, 0.15) is 5.76 Å². The molecule has 0 bridgehead atoms. The minimum Gasteiger partial charge on any atom is -0.444 e. The minimum atomic E-state index is 0.674. The Morgan fingerprint density at radius 1 is 1.33 bits per heavy atom. The van der Waals surface area contributed by atoms with Gasteiger partial charge in [0.05, 0.1) is 12.7 Å². The van der Waals surface area contributed by atoms with Crippen LogP contribution in [0.2, 0.25) is 0 Å². The molecule has 4 heteroatoms. The summed E-state index contributed by atoms with van der Waals surface area (Å²) in [6.07, 6.45) is 2.69. The van der Waals surface area contributed by atoms with Crippen molar-refractivity contribution in [3.63, 3.8) is 0 Å².